The van der Waals surface area contributed by atoms with E-state index in [9.17, 15) is 4.79 Å². The molecule has 0 spiro atoms. The van der Waals surface area contributed by atoms with Crippen molar-refractivity contribution in [3.05, 3.63) is 35.4 Å². The van der Waals surface area contributed by atoms with E-state index in [0.717, 1.165) is 31.6 Å². The Hall–Kier alpha value is -1.11. The van der Waals surface area contributed by atoms with Gasteiger partial charge in [0, 0.05) is 19.1 Å². The van der Waals surface area contributed by atoms with Crippen LogP contribution in [-0.2, 0) is 9.53 Å². The van der Waals surface area contributed by atoms with Crippen LogP contribution in [-0.4, -0.2) is 47.1 Å². The fraction of sp³-hybridized carbons (Fsp3) is 0.579. The van der Waals surface area contributed by atoms with E-state index >= 15 is 0 Å². The summed E-state index contributed by atoms with van der Waals surface area (Å²) in [7, 11) is 0. The summed E-state index contributed by atoms with van der Waals surface area (Å²) in [5, 5.41) is 3.77. The van der Waals surface area contributed by atoms with Crippen molar-refractivity contribution in [2.45, 2.75) is 38.3 Å². The number of hydrogen-bond acceptors (Lipinski definition) is 4. The van der Waals surface area contributed by atoms with E-state index < -0.39 is 0 Å². The standard InChI is InChI=1S/C19H26N2O2S2/c1-13-5-7-14(8-6-13)17-15(4-3-10-23-17)12-21-18(22)16(9-11-25-2)20-19(21)24/h5-8,15-17H,3-4,9-12H2,1-2H3,(H,20,24)/t15-,16+,17-/m1/s1. The lowest BCUT2D eigenvalue weighted by Crippen LogP contribution is -2.39. The van der Waals surface area contributed by atoms with Crippen LogP contribution in [0, 0.1) is 12.8 Å². The number of amides is 1. The Labute approximate surface area is 159 Å². The molecule has 1 aromatic carbocycles. The third kappa shape index (κ3) is 4.36. The van der Waals surface area contributed by atoms with Gasteiger partial charge in [-0.3, -0.25) is 9.69 Å². The average molecular weight is 379 g/mol. The summed E-state index contributed by atoms with van der Waals surface area (Å²) in [4.78, 5) is 14.5. The Kier molecular flexibility index (Phi) is 6.36. The molecule has 4 nitrogen and oxygen atoms in total. The van der Waals surface area contributed by atoms with E-state index in [-0.39, 0.29) is 24.0 Å². The SMILES string of the molecule is CSCC[C@@H]1NC(=S)N(C[C@H]2CCCO[C@@H]2c2ccc(C)cc2)C1=O. The van der Waals surface area contributed by atoms with Crippen LogP contribution in [0.3, 0.4) is 0 Å². The number of aryl methyl sites for hydroxylation is 1. The summed E-state index contributed by atoms with van der Waals surface area (Å²) in [5.41, 5.74) is 2.44. The lowest BCUT2D eigenvalue weighted by atomic mass is 9.88. The van der Waals surface area contributed by atoms with Gasteiger partial charge in [0.05, 0.1) is 6.10 Å². The molecule has 0 aliphatic carbocycles. The zero-order chi connectivity index (χ0) is 17.8. The van der Waals surface area contributed by atoms with Crippen LogP contribution < -0.4 is 5.32 Å². The number of nitrogens with zero attached hydrogens (tertiary/aromatic N) is 1. The monoisotopic (exact) mass is 378 g/mol. The highest BCUT2D eigenvalue weighted by molar-refractivity contribution is 7.98. The number of ether oxygens (including phenoxy) is 1. The molecule has 6 heteroatoms. The van der Waals surface area contributed by atoms with E-state index in [1.165, 1.54) is 11.1 Å². The van der Waals surface area contributed by atoms with Crippen LogP contribution in [0.2, 0.25) is 0 Å². The van der Waals surface area contributed by atoms with Crippen molar-refractivity contribution < 1.29 is 9.53 Å². The maximum atomic E-state index is 12.7. The number of carbonyl (C=O) groups is 1. The second kappa shape index (κ2) is 8.52. The summed E-state index contributed by atoms with van der Waals surface area (Å²) < 4.78 is 6.08. The Balaban J connectivity index is 1.70. The van der Waals surface area contributed by atoms with Crippen molar-refractivity contribution in [3.63, 3.8) is 0 Å². The molecule has 3 rings (SSSR count). The van der Waals surface area contributed by atoms with Crippen molar-refractivity contribution in [2.24, 2.45) is 5.92 Å². The van der Waals surface area contributed by atoms with Crippen molar-refractivity contribution in [1.82, 2.24) is 10.2 Å². The minimum Gasteiger partial charge on any atom is -0.373 e. The van der Waals surface area contributed by atoms with Gasteiger partial charge in [-0.25, -0.2) is 0 Å². The van der Waals surface area contributed by atoms with Crippen LogP contribution in [0.5, 0.6) is 0 Å². The second-order valence-electron chi connectivity index (χ2n) is 6.84. The zero-order valence-electron chi connectivity index (χ0n) is 14.9. The van der Waals surface area contributed by atoms with Crippen LogP contribution in [0.15, 0.2) is 24.3 Å². The van der Waals surface area contributed by atoms with E-state index in [1.54, 1.807) is 16.7 Å². The summed E-state index contributed by atoms with van der Waals surface area (Å²) in [6.45, 7) is 3.51. The van der Waals surface area contributed by atoms with Gasteiger partial charge < -0.3 is 10.1 Å². The predicted molar refractivity (Wildman–Crippen MR) is 107 cm³/mol. The number of thioether (sulfide) groups is 1. The van der Waals surface area contributed by atoms with Gasteiger partial charge in [0.25, 0.3) is 5.91 Å². The molecule has 1 aromatic rings. The van der Waals surface area contributed by atoms with Gasteiger partial charge in [-0.15, -0.1) is 0 Å². The largest absolute Gasteiger partial charge is 0.373 e. The molecule has 2 aliphatic heterocycles. The van der Waals surface area contributed by atoms with Gasteiger partial charge >= 0.3 is 0 Å². The maximum absolute atomic E-state index is 12.7. The quantitative estimate of drug-likeness (QED) is 0.769. The van der Waals surface area contributed by atoms with Crippen molar-refractivity contribution in [3.8, 4) is 0 Å². The first kappa shape index (κ1) is 18.7. The molecular weight excluding hydrogens is 352 g/mol. The van der Waals surface area contributed by atoms with E-state index in [0.29, 0.717) is 11.7 Å². The summed E-state index contributed by atoms with van der Waals surface area (Å²) >= 11 is 7.19. The molecule has 2 heterocycles. The molecule has 3 atom stereocenters. The third-order valence-corrected chi connectivity index (χ3v) is 5.97. The third-order valence-electron chi connectivity index (χ3n) is 4.99. The maximum Gasteiger partial charge on any atom is 0.251 e. The van der Waals surface area contributed by atoms with Crippen LogP contribution >= 0.6 is 24.0 Å². The Bertz CT molecular complexity index is 620. The van der Waals surface area contributed by atoms with Crippen molar-refractivity contribution in [1.29, 1.82) is 0 Å². The molecule has 1 amide bonds. The number of nitrogens with one attached hydrogen (secondary N) is 1. The summed E-state index contributed by atoms with van der Waals surface area (Å²) in [5.74, 6) is 1.35. The topological polar surface area (TPSA) is 41.6 Å². The lowest BCUT2D eigenvalue weighted by molar-refractivity contribution is -0.128. The van der Waals surface area contributed by atoms with E-state index in [4.69, 9.17) is 17.0 Å². The van der Waals surface area contributed by atoms with E-state index in [1.807, 2.05) is 0 Å². The molecule has 0 radical (unpaired) electrons. The summed E-state index contributed by atoms with van der Waals surface area (Å²) in [6, 6.07) is 8.36. The molecule has 0 saturated carbocycles. The molecule has 1 N–H and O–H groups in total. The smallest absolute Gasteiger partial charge is 0.251 e. The highest BCUT2D eigenvalue weighted by atomic mass is 32.2. The van der Waals surface area contributed by atoms with E-state index in [2.05, 4.69) is 42.8 Å². The van der Waals surface area contributed by atoms with Gasteiger partial charge in [0.2, 0.25) is 0 Å². The Morgan fingerprint density at radius 2 is 2.12 bits per heavy atom. The minimum absolute atomic E-state index is 0.0372. The predicted octanol–water partition coefficient (Wildman–Crippen LogP) is 3.30. The molecule has 2 fully saturated rings. The molecule has 0 aromatic heterocycles. The van der Waals surface area contributed by atoms with Gasteiger partial charge in [0.1, 0.15) is 6.04 Å². The summed E-state index contributed by atoms with van der Waals surface area (Å²) in [6.07, 6.45) is 5.00. The van der Waals surface area contributed by atoms with Crippen LogP contribution in [0.1, 0.15) is 36.5 Å². The lowest BCUT2D eigenvalue weighted by Gasteiger charge is -2.34. The molecule has 0 bridgehead atoms. The fourth-order valence-electron chi connectivity index (χ4n) is 3.57. The number of carbonyl (C=O) groups excluding carboxylic acids is 1. The number of benzene rings is 1. The first-order chi connectivity index (χ1) is 12.1. The van der Waals surface area contributed by atoms with Gasteiger partial charge in [-0.05, 0) is 56.0 Å². The van der Waals surface area contributed by atoms with Crippen LogP contribution in [0.25, 0.3) is 0 Å². The normalized spacial score (nSPS) is 26.8. The van der Waals surface area contributed by atoms with Crippen molar-refractivity contribution >= 4 is 35.0 Å². The average Bonchev–Trinajstić information content (AvgIpc) is 2.89. The number of hydrogen-bond donors (Lipinski definition) is 1. The molecule has 2 saturated heterocycles. The van der Waals surface area contributed by atoms with Gasteiger partial charge in [-0.2, -0.15) is 11.8 Å². The Morgan fingerprint density at radius 1 is 1.36 bits per heavy atom. The zero-order valence-corrected chi connectivity index (χ0v) is 16.5. The highest BCUT2D eigenvalue weighted by Crippen LogP contribution is 2.35. The first-order valence-corrected chi connectivity index (χ1v) is 10.7. The molecular formula is C19H26N2O2S2. The highest BCUT2D eigenvalue weighted by Gasteiger charge is 2.38. The van der Waals surface area contributed by atoms with Gasteiger partial charge in [0.15, 0.2) is 5.11 Å². The first-order valence-electron chi connectivity index (χ1n) is 8.89. The molecule has 0 unspecified atom stereocenters. The minimum atomic E-state index is -0.165. The van der Waals surface area contributed by atoms with Crippen LogP contribution in [0.4, 0.5) is 0 Å². The number of rotatable bonds is 6. The molecule has 25 heavy (non-hydrogen) atoms. The second-order valence-corrected chi connectivity index (χ2v) is 8.21. The van der Waals surface area contributed by atoms with Crippen molar-refractivity contribution in [2.75, 3.05) is 25.2 Å². The Morgan fingerprint density at radius 3 is 2.84 bits per heavy atom. The number of thiocarbonyl (C=S) groups is 1. The van der Waals surface area contributed by atoms with Gasteiger partial charge in [-0.1, -0.05) is 29.8 Å². The molecule has 136 valence electrons. The molecule has 2 aliphatic rings. The fourth-order valence-corrected chi connectivity index (χ4v) is 4.35.